The Hall–Kier alpha value is -2.26. The fourth-order valence-corrected chi connectivity index (χ4v) is 4.08. The first-order chi connectivity index (χ1) is 13.6. The molecule has 2 saturated heterocycles. The fraction of sp³-hybridized carbons (Fsp3) is 0.684. The molecule has 2 aliphatic heterocycles. The van der Waals surface area contributed by atoms with Gasteiger partial charge in [-0.1, -0.05) is 0 Å². The van der Waals surface area contributed by atoms with Gasteiger partial charge in [0.15, 0.2) is 0 Å². The van der Waals surface area contributed by atoms with Crippen molar-refractivity contribution in [2.45, 2.75) is 44.2 Å². The van der Waals surface area contributed by atoms with E-state index in [1.165, 1.54) is 0 Å². The molecule has 9 heteroatoms. The van der Waals surface area contributed by atoms with Crippen molar-refractivity contribution in [3.8, 4) is 5.88 Å². The Morgan fingerprint density at radius 3 is 2.57 bits per heavy atom. The lowest BCUT2D eigenvalue weighted by Gasteiger charge is -2.31. The number of anilines is 1. The number of likely N-dealkylation sites (tertiary alicyclic amines) is 1. The minimum absolute atomic E-state index is 0.148. The van der Waals surface area contributed by atoms with Crippen LogP contribution in [-0.2, 0) is 13.6 Å². The Balaban J connectivity index is 1.36. The first kappa shape index (κ1) is 19.1. The Kier molecular flexibility index (Phi) is 5.72. The van der Waals surface area contributed by atoms with Crippen molar-refractivity contribution in [3.05, 3.63) is 23.9 Å². The number of ether oxygens (including phenoxy) is 1. The zero-order valence-electron chi connectivity index (χ0n) is 16.7. The molecular weight excluding hydrogens is 358 g/mol. The van der Waals surface area contributed by atoms with Crippen LogP contribution in [0.4, 0.5) is 5.95 Å². The third kappa shape index (κ3) is 4.10. The van der Waals surface area contributed by atoms with E-state index in [2.05, 4.69) is 41.6 Å². The van der Waals surface area contributed by atoms with Crippen molar-refractivity contribution in [2.24, 2.45) is 7.05 Å². The average molecular weight is 387 g/mol. The molecule has 0 atom stereocenters. The van der Waals surface area contributed by atoms with E-state index in [-0.39, 0.29) is 6.10 Å². The molecule has 9 nitrogen and oxygen atoms in total. The third-order valence-electron chi connectivity index (χ3n) is 5.89. The van der Waals surface area contributed by atoms with Gasteiger partial charge in [0.1, 0.15) is 11.6 Å². The summed E-state index contributed by atoms with van der Waals surface area (Å²) in [5, 5.41) is 18.6. The van der Waals surface area contributed by atoms with E-state index in [0.29, 0.717) is 11.8 Å². The molecular formula is C19H29N7O2. The SMILES string of the molecule is COc1ccnc(N2CCC(c3nnc(CN4CCC(O)CC4)n3C)CC2)n1. The van der Waals surface area contributed by atoms with Gasteiger partial charge in [-0.05, 0) is 25.7 Å². The number of nitrogens with zero attached hydrogens (tertiary/aromatic N) is 7. The topological polar surface area (TPSA) is 92.4 Å². The average Bonchev–Trinajstić information content (AvgIpc) is 3.10. The second-order valence-corrected chi connectivity index (χ2v) is 7.70. The summed E-state index contributed by atoms with van der Waals surface area (Å²) in [5.74, 6) is 3.79. The monoisotopic (exact) mass is 387 g/mol. The minimum Gasteiger partial charge on any atom is -0.481 e. The van der Waals surface area contributed by atoms with Gasteiger partial charge < -0.3 is 19.3 Å². The summed E-state index contributed by atoms with van der Waals surface area (Å²) in [5.41, 5.74) is 0. The lowest BCUT2D eigenvalue weighted by atomic mass is 9.96. The Morgan fingerprint density at radius 2 is 1.86 bits per heavy atom. The highest BCUT2D eigenvalue weighted by atomic mass is 16.5. The van der Waals surface area contributed by atoms with Crippen molar-refractivity contribution >= 4 is 5.95 Å². The lowest BCUT2D eigenvalue weighted by Crippen LogP contribution is -2.36. The van der Waals surface area contributed by atoms with Gasteiger partial charge in [-0.3, -0.25) is 4.90 Å². The summed E-state index contributed by atoms with van der Waals surface area (Å²) in [7, 11) is 3.69. The van der Waals surface area contributed by atoms with Gasteiger partial charge in [0.2, 0.25) is 11.8 Å². The molecule has 0 bridgehead atoms. The predicted octanol–water partition coefficient (Wildman–Crippen LogP) is 0.954. The number of aliphatic hydroxyl groups is 1. The summed E-state index contributed by atoms with van der Waals surface area (Å²) in [4.78, 5) is 13.4. The van der Waals surface area contributed by atoms with Crippen LogP contribution in [0.3, 0.4) is 0 Å². The first-order valence-corrected chi connectivity index (χ1v) is 10.0. The van der Waals surface area contributed by atoms with Crippen molar-refractivity contribution in [3.63, 3.8) is 0 Å². The van der Waals surface area contributed by atoms with Crippen LogP contribution in [-0.4, -0.2) is 74.1 Å². The van der Waals surface area contributed by atoms with Crippen molar-refractivity contribution in [1.82, 2.24) is 29.6 Å². The maximum Gasteiger partial charge on any atom is 0.228 e. The second-order valence-electron chi connectivity index (χ2n) is 7.70. The molecule has 0 aliphatic carbocycles. The van der Waals surface area contributed by atoms with Gasteiger partial charge in [-0.25, -0.2) is 4.98 Å². The van der Waals surface area contributed by atoms with Gasteiger partial charge in [0, 0.05) is 51.4 Å². The van der Waals surface area contributed by atoms with Crippen molar-refractivity contribution in [1.29, 1.82) is 0 Å². The number of methoxy groups -OCH3 is 1. The largest absolute Gasteiger partial charge is 0.481 e. The second kappa shape index (κ2) is 8.40. The normalized spacial score (nSPS) is 19.9. The van der Waals surface area contributed by atoms with Gasteiger partial charge >= 0.3 is 0 Å². The van der Waals surface area contributed by atoms with E-state index in [0.717, 1.165) is 76.0 Å². The van der Waals surface area contributed by atoms with E-state index in [9.17, 15) is 5.11 Å². The van der Waals surface area contributed by atoms with Crippen LogP contribution in [0.2, 0.25) is 0 Å². The molecule has 0 unspecified atom stereocenters. The van der Waals surface area contributed by atoms with Crippen molar-refractivity contribution in [2.75, 3.05) is 38.2 Å². The summed E-state index contributed by atoms with van der Waals surface area (Å²) < 4.78 is 7.37. The predicted molar refractivity (Wildman–Crippen MR) is 104 cm³/mol. The molecule has 2 aromatic rings. The highest BCUT2D eigenvalue weighted by molar-refractivity contribution is 5.33. The molecule has 152 valence electrons. The maximum atomic E-state index is 9.68. The van der Waals surface area contributed by atoms with Crippen LogP contribution < -0.4 is 9.64 Å². The quantitative estimate of drug-likeness (QED) is 0.811. The number of aromatic nitrogens is 5. The zero-order valence-corrected chi connectivity index (χ0v) is 16.7. The molecule has 0 amide bonds. The Labute approximate surface area is 165 Å². The molecule has 0 radical (unpaired) electrons. The molecule has 2 aliphatic rings. The number of hydrogen-bond acceptors (Lipinski definition) is 8. The van der Waals surface area contributed by atoms with Crippen LogP contribution in [0.15, 0.2) is 12.3 Å². The third-order valence-corrected chi connectivity index (χ3v) is 5.89. The van der Waals surface area contributed by atoms with Crippen LogP contribution in [0.1, 0.15) is 43.3 Å². The van der Waals surface area contributed by atoms with Gasteiger partial charge in [0.05, 0.1) is 19.8 Å². The summed E-state index contributed by atoms with van der Waals surface area (Å²) in [6, 6.07) is 1.76. The van der Waals surface area contributed by atoms with E-state index >= 15 is 0 Å². The molecule has 4 rings (SSSR count). The van der Waals surface area contributed by atoms with Gasteiger partial charge in [0.25, 0.3) is 0 Å². The van der Waals surface area contributed by atoms with Crippen LogP contribution in [0.5, 0.6) is 5.88 Å². The first-order valence-electron chi connectivity index (χ1n) is 10.0. The van der Waals surface area contributed by atoms with E-state index in [1.54, 1.807) is 19.4 Å². The summed E-state index contributed by atoms with van der Waals surface area (Å²) >= 11 is 0. The van der Waals surface area contributed by atoms with E-state index in [4.69, 9.17) is 4.74 Å². The molecule has 2 aromatic heterocycles. The van der Waals surface area contributed by atoms with Crippen LogP contribution >= 0.6 is 0 Å². The fourth-order valence-electron chi connectivity index (χ4n) is 4.08. The lowest BCUT2D eigenvalue weighted by molar-refractivity contribution is 0.0775. The Morgan fingerprint density at radius 1 is 1.11 bits per heavy atom. The molecule has 28 heavy (non-hydrogen) atoms. The van der Waals surface area contributed by atoms with E-state index < -0.39 is 0 Å². The molecule has 1 N–H and O–H groups in total. The molecule has 0 spiro atoms. The smallest absolute Gasteiger partial charge is 0.228 e. The van der Waals surface area contributed by atoms with Crippen LogP contribution in [0.25, 0.3) is 0 Å². The summed E-state index contributed by atoms with van der Waals surface area (Å²) in [6.45, 7) is 4.42. The highest BCUT2D eigenvalue weighted by Gasteiger charge is 2.27. The van der Waals surface area contributed by atoms with E-state index in [1.807, 2.05) is 0 Å². The Bertz CT molecular complexity index is 780. The number of hydrogen-bond donors (Lipinski definition) is 1. The maximum absolute atomic E-state index is 9.68. The molecule has 2 fully saturated rings. The summed E-state index contributed by atoms with van der Waals surface area (Å²) in [6.07, 6.45) is 5.28. The highest BCUT2D eigenvalue weighted by Crippen LogP contribution is 2.29. The number of piperidine rings is 2. The molecule has 0 aromatic carbocycles. The zero-order chi connectivity index (χ0) is 19.5. The molecule has 4 heterocycles. The standard InChI is InChI=1S/C19H29N7O2/c1-24-16(13-25-9-6-15(27)7-10-25)22-23-18(24)14-4-11-26(12-5-14)19-20-8-3-17(21-19)28-2/h3,8,14-15,27H,4-7,9-13H2,1-2H3. The number of aliphatic hydroxyl groups excluding tert-OH is 1. The molecule has 0 saturated carbocycles. The van der Waals surface area contributed by atoms with Gasteiger partial charge in [-0.15, -0.1) is 10.2 Å². The number of rotatable bonds is 5. The van der Waals surface area contributed by atoms with Gasteiger partial charge in [-0.2, -0.15) is 4.98 Å². The van der Waals surface area contributed by atoms with Crippen LogP contribution in [0, 0.1) is 0 Å². The minimum atomic E-state index is -0.148. The van der Waals surface area contributed by atoms with Crippen molar-refractivity contribution < 1.29 is 9.84 Å².